The molecule has 1 unspecified atom stereocenters. The van der Waals surface area contributed by atoms with E-state index in [2.05, 4.69) is 0 Å². The van der Waals surface area contributed by atoms with Crippen LogP contribution in [0, 0.1) is 5.41 Å². The van der Waals surface area contributed by atoms with E-state index < -0.39 is 28.6 Å². The molecule has 1 heterocycles. The van der Waals surface area contributed by atoms with Gasteiger partial charge in [-0.25, -0.2) is 0 Å². The summed E-state index contributed by atoms with van der Waals surface area (Å²) in [7, 11) is 0. The van der Waals surface area contributed by atoms with Gasteiger partial charge in [0.05, 0.1) is 6.61 Å². The predicted molar refractivity (Wildman–Crippen MR) is 115 cm³/mol. The lowest BCUT2D eigenvalue weighted by molar-refractivity contribution is -0.167. The highest BCUT2D eigenvalue weighted by molar-refractivity contribution is 6.26. The molecule has 2 rings (SSSR count). The van der Waals surface area contributed by atoms with Gasteiger partial charge in [0.1, 0.15) is 11.2 Å². The molecule has 0 spiro atoms. The molecule has 1 aromatic carbocycles. The zero-order valence-corrected chi connectivity index (χ0v) is 18.8. The van der Waals surface area contributed by atoms with Crippen LogP contribution in [0.3, 0.4) is 0 Å². The first-order valence-corrected chi connectivity index (χ1v) is 10.4. The Morgan fingerprint density at radius 3 is 2.29 bits per heavy atom. The van der Waals surface area contributed by atoms with Crippen molar-refractivity contribution >= 4 is 34.5 Å². The highest BCUT2D eigenvalue weighted by Gasteiger charge is 2.53. The van der Waals surface area contributed by atoms with Crippen LogP contribution in [-0.2, 0) is 23.9 Å². The highest BCUT2D eigenvalue weighted by atomic mass is 16.6. The molecule has 0 radical (unpaired) electrons. The molecule has 0 aliphatic heterocycles. The lowest BCUT2D eigenvalue weighted by atomic mass is 9.74. The Labute approximate surface area is 182 Å². The third-order valence-corrected chi connectivity index (χ3v) is 4.87. The summed E-state index contributed by atoms with van der Waals surface area (Å²) >= 11 is 0. The van der Waals surface area contributed by atoms with Crippen molar-refractivity contribution in [2.45, 2.75) is 65.9 Å². The molecule has 0 saturated carbocycles. The SMILES string of the molecule is CCOC(=O)CCCCC(C(C)=O)(C(=O)OC(C)(C)C)C(=O)c1cc2ccccc2o1. The van der Waals surface area contributed by atoms with Crippen molar-refractivity contribution in [2.24, 2.45) is 5.41 Å². The Bertz CT molecular complexity index is 931. The molecule has 168 valence electrons. The van der Waals surface area contributed by atoms with Crippen LogP contribution < -0.4 is 0 Å². The van der Waals surface area contributed by atoms with Crippen LogP contribution >= 0.6 is 0 Å². The normalized spacial score (nSPS) is 13.5. The number of esters is 2. The van der Waals surface area contributed by atoms with Gasteiger partial charge >= 0.3 is 11.9 Å². The third-order valence-electron chi connectivity index (χ3n) is 4.87. The van der Waals surface area contributed by atoms with E-state index in [1.54, 1.807) is 52.0 Å². The van der Waals surface area contributed by atoms with Gasteiger partial charge in [-0.15, -0.1) is 0 Å². The van der Waals surface area contributed by atoms with Gasteiger partial charge in [0.15, 0.2) is 17.0 Å². The number of fused-ring (bicyclic) bond motifs is 1. The molecule has 0 saturated heterocycles. The highest BCUT2D eigenvalue weighted by Crippen LogP contribution is 2.36. The molecule has 1 aromatic heterocycles. The summed E-state index contributed by atoms with van der Waals surface area (Å²) in [5, 5.41) is 0.690. The Morgan fingerprint density at radius 1 is 1.03 bits per heavy atom. The standard InChI is InChI=1S/C24H30O7/c1-6-29-20(26)13-9-10-14-24(16(2)25,22(28)31-23(3,4)5)21(27)19-15-17-11-7-8-12-18(17)30-19/h7-8,11-12,15H,6,9-10,13-14H2,1-5H3. The minimum Gasteiger partial charge on any atom is -0.466 e. The van der Waals surface area contributed by atoms with Gasteiger partial charge in [-0.3, -0.25) is 19.2 Å². The van der Waals surface area contributed by atoms with E-state index in [0.29, 0.717) is 17.4 Å². The number of rotatable bonds is 10. The van der Waals surface area contributed by atoms with E-state index in [0.717, 1.165) is 0 Å². The van der Waals surface area contributed by atoms with Crippen molar-refractivity contribution < 1.29 is 33.1 Å². The van der Waals surface area contributed by atoms with E-state index in [1.807, 2.05) is 0 Å². The molecule has 2 aromatic rings. The number of carbonyl (C=O) groups excluding carboxylic acids is 4. The molecule has 0 N–H and O–H groups in total. The number of hydrogen-bond donors (Lipinski definition) is 0. The summed E-state index contributed by atoms with van der Waals surface area (Å²) < 4.78 is 16.0. The maximum atomic E-state index is 13.5. The summed E-state index contributed by atoms with van der Waals surface area (Å²) in [4.78, 5) is 51.1. The number of ketones is 2. The summed E-state index contributed by atoms with van der Waals surface area (Å²) in [6.45, 7) is 8.20. The van der Waals surface area contributed by atoms with Crippen LogP contribution in [0.5, 0.6) is 0 Å². The van der Waals surface area contributed by atoms with Crippen molar-refractivity contribution in [1.29, 1.82) is 0 Å². The van der Waals surface area contributed by atoms with Crippen molar-refractivity contribution in [3.8, 4) is 0 Å². The van der Waals surface area contributed by atoms with E-state index >= 15 is 0 Å². The third kappa shape index (κ3) is 5.81. The predicted octanol–water partition coefficient (Wildman–Crippen LogP) is 4.66. The Kier molecular flexibility index (Phi) is 7.76. The molecule has 7 nitrogen and oxygen atoms in total. The summed E-state index contributed by atoms with van der Waals surface area (Å²) in [5.74, 6) is -2.71. The molecule has 0 fully saturated rings. The van der Waals surface area contributed by atoms with Gasteiger partial charge in [0.25, 0.3) is 0 Å². The molecule has 31 heavy (non-hydrogen) atoms. The van der Waals surface area contributed by atoms with Gasteiger partial charge in [-0.05, 0) is 59.6 Å². The van der Waals surface area contributed by atoms with Gasteiger partial charge in [-0.2, -0.15) is 0 Å². The molecular weight excluding hydrogens is 400 g/mol. The molecule has 0 aliphatic rings. The number of para-hydroxylation sites is 1. The first kappa shape index (κ1) is 24.3. The number of carbonyl (C=O) groups is 4. The Morgan fingerprint density at radius 2 is 1.71 bits per heavy atom. The second kappa shape index (κ2) is 9.90. The second-order valence-electron chi connectivity index (χ2n) is 8.45. The van der Waals surface area contributed by atoms with Crippen molar-refractivity contribution in [3.05, 3.63) is 36.1 Å². The average Bonchev–Trinajstić information content (AvgIpc) is 3.10. The van der Waals surface area contributed by atoms with Crippen LogP contribution in [0.4, 0.5) is 0 Å². The summed E-state index contributed by atoms with van der Waals surface area (Å²) in [5.41, 5.74) is -2.46. The quantitative estimate of drug-likeness (QED) is 0.234. The van der Waals surface area contributed by atoms with Crippen LogP contribution in [0.2, 0.25) is 0 Å². The summed E-state index contributed by atoms with van der Waals surface area (Å²) in [6, 6.07) is 8.57. The molecule has 7 heteroatoms. The van der Waals surface area contributed by atoms with E-state index in [9.17, 15) is 19.2 Å². The first-order valence-electron chi connectivity index (χ1n) is 10.4. The molecule has 0 bridgehead atoms. The maximum absolute atomic E-state index is 13.5. The fourth-order valence-corrected chi connectivity index (χ4v) is 3.35. The molecule has 0 aliphatic carbocycles. The number of Topliss-reactive ketones (excluding diaryl/α,β-unsaturated/α-hetero) is 2. The van der Waals surface area contributed by atoms with Crippen LogP contribution in [0.15, 0.2) is 34.7 Å². The van der Waals surface area contributed by atoms with Crippen molar-refractivity contribution in [3.63, 3.8) is 0 Å². The van der Waals surface area contributed by atoms with Crippen molar-refractivity contribution in [1.82, 2.24) is 0 Å². The van der Waals surface area contributed by atoms with Gasteiger partial charge < -0.3 is 13.9 Å². The largest absolute Gasteiger partial charge is 0.466 e. The topological polar surface area (TPSA) is 99.9 Å². The number of benzene rings is 1. The van der Waals surface area contributed by atoms with Crippen LogP contribution in [-0.4, -0.2) is 35.7 Å². The maximum Gasteiger partial charge on any atom is 0.328 e. The Balaban J connectivity index is 2.38. The lowest BCUT2D eigenvalue weighted by Crippen LogP contribution is -2.48. The fourth-order valence-electron chi connectivity index (χ4n) is 3.35. The van der Waals surface area contributed by atoms with Gasteiger partial charge in [-0.1, -0.05) is 24.6 Å². The van der Waals surface area contributed by atoms with Crippen molar-refractivity contribution in [2.75, 3.05) is 6.61 Å². The lowest BCUT2D eigenvalue weighted by Gasteiger charge is -2.31. The number of furan rings is 1. The minimum absolute atomic E-state index is 0.0762. The zero-order chi connectivity index (χ0) is 23.2. The van der Waals surface area contributed by atoms with E-state index in [4.69, 9.17) is 13.9 Å². The van der Waals surface area contributed by atoms with Gasteiger partial charge in [0, 0.05) is 11.8 Å². The first-order chi connectivity index (χ1) is 14.5. The Hall–Kier alpha value is -2.96. The summed E-state index contributed by atoms with van der Waals surface area (Å²) in [6.07, 6.45) is 0.690. The minimum atomic E-state index is -2.05. The number of unbranched alkanes of at least 4 members (excludes halogenated alkanes) is 1. The second-order valence-corrected chi connectivity index (χ2v) is 8.45. The molecule has 1 atom stereocenters. The van der Waals surface area contributed by atoms with Crippen LogP contribution in [0.1, 0.15) is 70.9 Å². The molecule has 0 amide bonds. The fraction of sp³-hybridized carbons (Fsp3) is 0.500. The number of ether oxygens (including phenoxy) is 2. The van der Waals surface area contributed by atoms with Gasteiger partial charge in [0.2, 0.25) is 5.78 Å². The smallest absolute Gasteiger partial charge is 0.328 e. The average molecular weight is 430 g/mol. The molecular formula is C24H30O7. The van der Waals surface area contributed by atoms with Crippen LogP contribution in [0.25, 0.3) is 11.0 Å². The van der Waals surface area contributed by atoms with E-state index in [1.165, 1.54) is 13.0 Å². The monoisotopic (exact) mass is 430 g/mol. The number of hydrogen-bond acceptors (Lipinski definition) is 7. The zero-order valence-electron chi connectivity index (χ0n) is 18.8. The van der Waals surface area contributed by atoms with E-state index in [-0.39, 0.29) is 37.6 Å².